The number of likely N-dealkylation sites (tertiary alicyclic amines) is 1. The maximum absolute atomic E-state index is 13.6. The first kappa shape index (κ1) is 24.0. The molecule has 1 atom stereocenters. The third kappa shape index (κ3) is 4.14. The molecule has 2 aromatic rings. The van der Waals surface area contributed by atoms with Crippen LogP contribution in [0.3, 0.4) is 0 Å². The second-order valence-corrected chi connectivity index (χ2v) is 12.5. The molecule has 8 nitrogen and oxygen atoms in total. The molecule has 2 aromatic carbocycles. The van der Waals surface area contributed by atoms with Crippen molar-refractivity contribution in [2.75, 3.05) is 44.6 Å². The van der Waals surface area contributed by atoms with Crippen molar-refractivity contribution >= 4 is 17.7 Å². The van der Waals surface area contributed by atoms with Crippen molar-refractivity contribution in [3.63, 3.8) is 0 Å². The number of carbonyl (C=O) groups excluding carboxylic acids is 1. The van der Waals surface area contributed by atoms with E-state index >= 15 is 0 Å². The Bertz CT molecular complexity index is 1280. The Balaban J connectivity index is 0.991. The molecule has 2 amide bonds. The molecule has 1 saturated heterocycles. The molecule has 3 aliphatic heterocycles. The lowest BCUT2D eigenvalue weighted by Gasteiger charge is -2.58. The first-order chi connectivity index (χ1) is 18.3. The van der Waals surface area contributed by atoms with Crippen LogP contribution in [-0.2, 0) is 18.4 Å². The Morgan fingerprint density at radius 1 is 1.05 bits per heavy atom. The molecule has 38 heavy (non-hydrogen) atoms. The van der Waals surface area contributed by atoms with E-state index < -0.39 is 12.2 Å². The number of fused-ring (bicyclic) bond motifs is 3. The number of hydrogen-bond acceptors (Lipinski definition) is 5. The van der Waals surface area contributed by atoms with Crippen LogP contribution in [0.2, 0.25) is 0 Å². The minimum absolute atomic E-state index is 0.0189. The van der Waals surface area contributed by atoms with E-state index in [1.807, 2.05) is 11.0 Å². The lowest BCUT2D eigenvalue weighted by Crippen LogP contribution is -2.65. The fourth-order valence-corrected chi connectivity index (χ4v) is 7.49. The first-order valence-electron chi connectivity index (χ1n) is 14.0. The van der Waals surface area contributed by atoms with Crippen molar-refractivity contribution in [1.82, 2.24) is 14.7 Å². The predicted molar refractivity (Wildman–Crippen MR) is 143 cm³/mol. The van der Waals surface area contributed by atoms with E-state index in [4.69, 9.17) is 5.11 Å². The summed E-state index contributed by atoms with van der Waals surface area (Å²) in [7, 11) is 0. The zero-order chi connectivity index (χ0) is 26.1. The van der Waals surface area contributed by atoms with Crippen LogP contribution in [-0.4, -0.2) is 88.3 Å². The van der Waals surface area contributed by atoms with Crippen LogP contribution >= 0.6 is 0 Å². The summed E-state index contributed by atoms with van der Waals surface area (Å²) in [5, 5.41) is 23.7. The lowest BCUT2D eigenvalue weighted by atomic mass is 9.60. The Labute approximate surface area is 223 Å². The predicted octanol–water partition coefficient (Wildman–Crippen LogP) is 3.15. The molecule has 0 aromatic heterocycles. The van der Waals surface area contributed by atoms with Crippen LogP contribution in [0.5, 0.6) is 0 Å². The molecule has 2 aliphatic carbocycles. The minimum atomic E-state index is -0.829. The van der Waals surface area contributed by atoms with Crippen LogP contribution in [0, 0.1) is 5.41 Å². The number of rotatable bonds is 6. The third-order valence-electron chi connectivity index (χ3n) is 9.62. The summed E-state index contributed by atoms with van der Waals surface area (Å²) in [4.78, 5) is 30.4. The molecule has 3 heterocycles. The minimum Gasteiger partial charge on any atom is -0.465 e. The molecular formula is C30H36N4O4. The van der Waals surface area contributed by atoms with Crippen LogP contribution in [0.1, 0.15) is 52.7 Å². The first-order valence-corrected chi connectivity index (χ1v) is 14.0. The number of anilines is 1. The van der Waals surface area contributed by atoms with E-state index in [2.05, 4.69) is 46.6 Å². The van der Waals surface area contributed by atoms with Crippen molar-refractivity contribution in [2.45, 2.75) is 56.2 Å². The number of aliphatic hydroxyl groups excluding tert-OH is 1. The quantitative estimate of drug-likeness (QED) is 0.546. The molecule has 2 spiro atoms. The number of nitrogens with zero attached hydrogens (tertiary/aromatic N) is 3. The van der Waals surface area contributed by atoms with Gasteiger partial charge in [-0.2, -0.15) is 0 Å². The molecule has 3 fully saturated rings. The van der Waals surface area contributed by atoms with Crippen LogP contribution in [0.4, 0.5) is 10.5 Å². The van der Waals surface area contributed by atoms with Gasteiger partial charge in [0.05, 0.1) is 6.10 Å². The van der Waals surface area contributed by atoms with E-state index in [-0.39, 0.29) is 16.7 Å². The highest BCUT2D eigenvalue weighted by Gasteiger charge is 2.54. The van der Waals surface area contributed by atoms with Gasteiger partial charge in [-0.25, -0.2) is 4.79 Å². The topological polar surface area (TPSA) is 96.3 Å². The van der Waals surface area contributed by atoms with E-state index in [1.54, 1.807) is 0 Å². The van der Waals surface area contributed by atoms with Crippen molar-refractivity contribution in [3.05, 3.63) is 64.7 Å². The average molecular weight is 517 g/mol. The van der Waals surface area contributed by atoms with Crippen molar-refractivity contribution in [2.24, 2.45) is 5.41 Å². The van der Waals surface area contributed by atoms with Crippen molar-refractivity contribution in [1.29, 1.82) is 0 Å². The molecular weight excluding hydrogens is 480 g/mol. The zero-order valence-corrected chi connectivity index (χ0v) is 21.7. The molecule has 8 heteroatoms. The number of hydrogen-bond donors (Lipinski definition) is 3. The molecule has 5 aliphatic rings. The van der Waals surface area contributed by atoms with E-state index in [0.717, 1.165) is 62.0 Å². The SMILES string of the molecule is O=C(O)N1CC2(CC(Nc3ccc4c(c3)C(=O)N(CC(O)CN3CCc5ccccc5C3)CC43CC3)C2)C1. The molecule has 0 bridgehead atoms. The Hall–Kier alpha value is -3.10. The number of carboxylic acid groups (broad SMARTS) is 1. The molecule has 2 saturated carbocycles. The van der Waals surface area contributed by atoms with Gasteiger partial charge in [-0.15, -0.1) is 0 Å². The Morgan fingerprint density at radius 3 is 2.55 bits per heavy atom. The van der Waals surface area contributed by atoms with E-state index in [9.17, 15) is 14.7 Å². The maximum Gasteiger partial charge on any atom is 0.407 e. The van der Waals surface area contributed by atoms with Crippen molar-refractivity contribution < 1.29 is 19.8 Å². The van der Waals surface area contributed by atoms with Gasteiger partial charge in [0.15, 0.2) is 0 Å². The highest BCUT2D eigenvalue weighted by Crippen LogP contribution is 2.53. The van der Waals surface area contributed by atoms with Crippen LogP contribution in [0.15, 0.2) is 42.5 Å². The van der Waals surface area contributed by atoms with Gasteiger partial charge in [0, 0.05) is 73.9 Å². The standard InChI is InChI=1S/C30H36N4O4/c35-24(15-32-10-7-20-3-1-2-4-21(20)14-32)16-33-19-30(8-9-30)26-6-5-22(11-25(26)27(33)36)31-23-12-29(13-23)17-34(18-29)28(37)38/h1-6,11,23-24,31,35H,7-10,12-19H2,(H,37,38). The summed E-state index contributed by atoms with van der Waals surface area (Å²) in [5.41, 5.74) is 5.80. The number of amides is 2. The largest absolute Gasteiger partial charge is 0.465 e. The average Bonchev–Trinajstić information content (AvgIpc) is 3.62. The maximum atomic E-state index is 13.6. The van der Waals surface area contributed by atoms with Gasteiger partial charge < -0.3 is 25.3 Å². The summed E-state index contributed by atoms with van der Waals surface area (Å²) in [6, 6.07) is 15.1. The molecule has 200 valence electrons. The molecule has 0 radical (unpaired) electrons. The second-order valence-electron chi connectivity index (χ2n) is 12.5. The highest BCUT2D eigenvalue weighted by molar-refractivity contribution is 5.99. The Kier molecular flexibility index (Phi) is 5.50. The summed E-state index contributed by atoms with van der Waals surface area (Å²) < 4.78 is 0. The number of nitrogens with one attached hydrogen (secondary N) is 1. The summed E-state index contributed by atoms with van der Waals surface area (Å²) >= 11 is 0. The normalized spacial score (nSPS) is 23.9. The number of benzene rings is 2. The fourth-order valence-electron chi connectivity index (χ4n) is 7.49. The van der Waals surface area contributed by atoms with Gasteiger partial charge in [-0.05, 0) is 60.9 Å². The van der Waals surface area contributed by atoms with Gasteiger partial charge in [0.1, 0.15) is 0 Å². The fraction of sp³-hybridized carbons (Fsp3) is 0.533. The smallest absolute Gasteiger partial charge is 0.407 e. The summed E-state index contributed by atoms with van der Waals surface area (Å²) in [5.74, 6) is 0.0189. The summed E-state index contributed by atoms with van der Waals surface area (Å²) in [6.07, 6.45) is 3.68. The monoisotopic (exact) mass is 516 g/mol. The molecule has 1 unspecified atom stereocenters. The highest BCUT2D eigenvalue weighted by atomic mass is 16.4. The van der Waals surface area contributed by atoms with Gasteiger partial charge in [0.25, 0.3) is 5.91 Å². The van der Waals surface area contributed by atoms with Crippen molar-refractivity contribution in [3.8, 4) is 0 Å². The van der Waals surface area contributed by atoms with E-state index in [0.29, 0.717) is 38.8 Å². The van der Waals surface area contributed by atoms with E-state index in [1.165, 1.54) is 16.0 Å². The number of β-amino-alcohol motifs (C(OH)–C–C–N with tert-alkyl or cyclic N) is 1. The Morgan fingerprint density at radius 2 is 1.82 bits per heavy atom. The third-order valence-corrected chi connectivity index (χ3v) is 9.62. The lowest BCUT2D eigenvalue weighted by molar-refractivity contribution is -0.0519. The van der Waals surface area contributed by atoms with Crippen LogP contribution < -0.4 is 5.32 Å². The van der Waals surface area contributed by atoms with Crippen LogP contribution in [0.25, 0.3) is 0 Å². The van der Waals surface area contributed by atoms with Gasteiger partial charge >= 0.3 is 6.09 Å². The number of carbonyl (C=O) groups is 2. The van der Waals surface area contributed by atoms with Gasteiger partial charge in [-0.3, -0.25) is 9.69 Å². The summed E-state index contributed by atoms with van der Waals surface area (Å²) in [6.45, 7) is 4.67. The number of aliphatic hydroxyl groups is 1. The second kappa shape index (κ2) is 8.71. The molecule has 7 rings (SSSR count). The van der Waals surface area contributed by atoms with Gasteiger partial charge in [0.2, 0.25) is 0 Å². The molecule has 3 N–H and O–H groups in total. The zero-order valence-electron chi connectivity index (χ0n) is 21.7. The van der Waals surface area contributed by atoms with Gasteiger partial charge in [-0.1, -0.05) is 30.3 Å².